The Morgan fingerprint density at radius 2 is 1.94 bits per heavy atom. The average Bonchev–Trinajstić information content (AvgIpc) is 3.11. The Morgan fingerprint density at radius 1 is 1.25 bits per heavy atom. The molecule has 7 nitrogen and oxygen atoms in total. The first-order valence-electron chi connectivity index (χ1n) is 11.8. The van der Waals surface area contributed by atoms with Crippen LogP contribution in [0.2, 0.25) is 5.02 Å². The molecule has 0 N–H and O–H groups in total. The molecule has 0 atom stereocenters. The number of hydrogen-bond donors (Lipinski definition) is 0. The highest BCUT2D eigenvalue weighted by atomic mass is 35.5. The Labute approximate surface area is 214 Å². The Kier molecular flexibility index (Phi) is 7.36. The summed E-state index contributed by atoms with van der Waals surface area (Å²) in [7, 11) is 1.90. The number of ether oxygens (including phenoxy) is 2. The second-order valence-corrected chi connectivity index (χ2v) is 10.3. The normalized spacial score (nSPS) is 13.7. The quantitative estimate of drug-likeness (QED) is 0.326. The summed E-state index contributed by atoms with van der Waals surface area (Å²) >= 11 is 5.91. The van der Waals surface area contributed by atoms with E-state index >= 15 is 0 Å². The zero-order valence-electron chi connectivity index (χ0n) is 20.8. The predicted molar refractivity (Wildman–Crippen MR) is 135 cm³/mol. The minimum Gasteiger partial charge on any atom is -0.456 e. The summed E-state index contributed by atoms with van der Waals surface area (Å²) in [6, 6.07) is 9.74. The summed E-state index contributed by atoms with van der Waals surface area (Å²) in [5.41, 5.74) is 0.973. The van der Waals surface area contributed by atoms with Gasteiger partial charge < -0.3 is 14.0 Å². The van der Waals surface area contributed by atoms with Crippen molar-refractivity contribution in [2.45, 2.75) is 58.2 Å². The average molecular weight is 514 g/mol. The standard InChI is InChI=1S/C27H29ClFN3O4/c1-27(2,3)36-26(34)32(19-6-5-7-19)15-25-30-14-23(31(25)4)17-8-10-20(11-9-17)35-24-13-18(28)12-22(29)21(24)16-33/h8-14,16,19H,5-7,15H2,1-4H3. The van der Waals surface area contributed by atoms with Crippen LogP contribution in [0.5, 0.6) is 11.5 Å². The zero-order valence-corrected chi connectivity index (χ0v) is 21.5. The van der Waals surface area contributed by atoms with Gasteiger partial charge in [-0.15, -0.1) is 0 Å². The van der Waals surface area contributed by atoms with Crippen LogP contribution < -0.4 is 4.74 Å². The van der Waals surface area contributed by atoms with E-state index in [4.69, 9.17) is 21.1 Å². The molecule has 0 spiro atoms. The van der Waals surface area contributed by atoms with E-state index in [1.807, 2.05) is 44.5 Å². The molecule has 0 radical (unpaired) electrons. The monoisotopic (exact) mass is 513 g/mol. The molecule has 1 saturated carbocycles. The van der Waals surface area contributed by atoms with Gasteiger partial charge in [0.2, 0.25) is 0 Å². The fraction of sp³-hybridized carbons (Fsp3) is 0.370. The summed E-state index contributed by atoms with van der Waals surface area (Å²) in [5, 5.41) is 0.134. The van der Waals surface area contributed by atoms with Gasteiger partial charge in [-0.25, -0.2) is 14.2 Å². The maximum absolute atomic E-state index is 14.0. The van der Waals surface area contributed by atoms with Crippen molar-refractivity contribution < 1.29 is 23.5 Å². The van der Waals surface area contributed by atoms with Gasteiger partial charge >= 0.3 is 6.09 Å². The third-order valence-electron chi connectivity index (χ3n) is 6.09. The van der Waals surface area contributed by atoms with Gasteiger partial charge in [-0.05, 0) is 70.4 Å². The molecular weight excluding hydrogens is 485 g/mol. The summed E-state index contributed by atoms with van der Waals surface area (Å²) in [6.45, 7) is 5.93. The van der Waals surface area contributed by atoms with Crippen molar-refractivity contribution in [3.8, 4) is 22.8 Å². The second-order valence-electron chi connectivity index (χ2n) is 9.86. The van der Waals surface area contributed by atoms with E-state index in [1.165, 1.54) is 6.07 Å². The number of halogens is 2. The lowest BCUT2D eigenvalue weighted by atomic mass is 9.92. The van der Waals surface area contributed by atoms with Gasteiger partial charge in [-0.3, -0.25) is 9.69 Å². The number of aldehydes is 1. The summed E-state index contributed by atoms with van der Waals surface area (Å²) in [5.74, 6) is 0.470. The number of aromatic nitrogens is 2. The number of carbonyl (C=O) groups excluding carboxylic acids is 2. The number of carbonyl (C=O) groups is 2. The molecule has 1 aliphatic rings. The Morgan fingerprint density at radius 3 is 2.53 bits per heavy atom. The van der Waals surface area contributed by atoms with Crippen molar-refractivity contribution >= 4 is 24.0 Å². The Hall–Kier alpha value is -3.39. The molecule has 4 rings (SSSR count). The van der Waals surface area contributed by atoms with Crippen LogP contribution in [0.3, 0.4) is 0 Å². The molecule has 36 heavy (non-hydrogen) atoms. The van der Waals surface area contributed by atoms with Crippen molar-refractivity contribution in [3.05, 3.63) is 64.8 Å². The van der Waals surface area contributed by atoms with Crippen LogP contribution in [-0.2, 0) is 18.3 Å². The first-order chi connectivity index (χ1) is 17.1. The molecule has 2 aromatic carbocycles. The van der Waals surface area contributed by atoms with E-state index in [2.05, 4.69) is 4.98 Å². The van der Waals surface area contributed by atoms with Gasteiger partial charge in [0.15, 0.2) is 6.29 Å². The van der Waals surface area contributed by atoms with Gasteiger partial charge in [-0.1, -0.05) is 11.6 Å². The summed E-state index contributed by atoms with van der Waals surface area (Å²) in [6.07, 6.45) is 4.85. The van der Waals surface area contributed by atoms with E-state index in [9.17, 15) is 14.0 Å². The van der Waals surface area contributed by atoms with Crippen molar-refractivity contribution in [3.63, 3.8) is 0 Å². The maximum atomic E-state index is 14.0. The van der Waals surface area contributed by atoms with E-state index in [1.54, 1.807) is 23.2 Å². The Bertz CT molecular complexity index is 1260. The first-order valence-corrected chi connectivity index (χ1v) is 12.2. The van der Waals surface area contributed by atoms with Gasteiger partial charge in [0.05, 0.1) is 24.0 Å². The molecule has 0 saturated heterocycles. The lowest BCUT2D eigenvalue weighted by molar-refractivity contribution is 0.00372. The third kappa shape index (κ3) is 5.70. The van der Waals surface area contributed by atoms with Gasteiger partial charge in [-0.2, -0.15) is 0 Å². The van der Waals surface area contributed by atoms with Crippen LogP contribution in [0.4, 0.5) is 9.18 Å². The van der Waals surface area contributed by atoms with Crippen molar-refractivity contribution in [1.82, 2.24) is 14.5 Å². The third-order valence-corrected chi connectivity index (χ3v) is 6.31. The van der Waals surface area contributed by atoms with Crippen molar-refractivity contribution in [2.75, 3.05) is 0 Å². The van der Waals surface area contributed by atoms with Gasteiger partial charge in [0.25, 0.3) is 0 Å². The van der Waals surface area contributed by atoms with Crippen LogP contribution in [0, 0.1) is 5.82 Å². The van der Waals surface area contributed by atoms with Gasteiger partial charge in [0, 0.05) is 29.7 Å². The predicted octanol–water partition coefficient (Wildman–Crippen LogP) is 6.77. The molecule has 1 fully saturated rings. The minimum absolute atomic E-state index is 0.0452. The molecule has 0 bridgehead atoms. The summed E-state index contributed by atoms with van der Waals surface area (Å²) in [4.78, 5) is 30.5. The Balaban J connectivity index is 1.52. The molecular formula is C27H29ClFN3O4. The molecule has 1 aliphatic carbocycles. The molecule has 3 aromatic rings. The zero-order chi connectivity index (χ0) is 26.0. The molecule has 1 amide bonds. The fourth-order valence-electron chi connectivity index (χ4n) is 3.96. The topological polar surface area (TPSA) is 73.7 Å². The number of imidazole rings is 1. The van der Waals surface area contributed by atoms with Crippen LogP contribution in [-0.4, -0.2) is 38.5 Å². The molecule has 190 valence electrons. The maximum Gasteiger partial charge on any atom is 0.410 e. The van der Waals surface area contributed by atoms with E-state index in [0.717, 1.165) is 42.4 Å². The molecule has 0 unspecified atom stereocenters. The van der Waals surface area contributed by atoms with Gasteiger partial charge in [0.1, 0.15) is 28.7 Å². The highest BCUT2D eigenvalue weighted by Crippen LogP contribution is 2.32. The first kappa shape index (κ1) is 25.7. The molecule has 0 aliphatic heterocycles. The second kappa shape index (κ2) is 10.3. The SMILES string of the molecule is Cn1c(-c2ccc(Oc3cc(Cl)cc(F)c3C=O)cc2)cnc1CN(C(=O)OC(C)(C)C)C1CCC1. The summed E-state index contributed by atoms with van der Waals surface area (Å²) < 4.78 is 27.3. The highest BCUT2D eigenvalue weighted by Gasteiger charge is 2.33. The lowest BCUT2D eigenvalue weighted by Crippen LogP contribution is -2.46. The number of nitrogens with zero attached hydrogens (tertiary/aromatic N) is 3. The van der Waals surface area contributed by atoms with Crippen molar-refractivity contribution in [1.29, 1.82) is 0 Å². The van der Waals surface area contributed by atoms with Crippen LogP contribution in [0.15, 0.2) is 42.6 Å². The number of hydrogen-bond acceptors (Lipinski definition) is 5. The van der Waals surface area contributed by atoms with Crippen LogP contribution >= 0.6 is 11.6 Å². The minimum atomic E-state index is -0.742. The van der Waals surface area contributed by atoms with Crippen LogP contribution in [0.25, 0.3) is 11.3 Å². The molecule has 1 heterocycles. The smallest absolute Gasteiger partial charge is 0.410 e. The number of rotatable bonds is 7. The molecule has 1 aromatic heterocycles. The highest BCUT2D eigenvalue weighted by molar-refractivity contribution is 6.30. The largest absolute Gasteiger partial charge is 0.456 e. The molecule has 9 heteroatoms. The van der Waals surface area contributed by atoms with E-state index in [-0.39, 0.29) is 28.5 Å². The van der Waals surface area contributed by atoms with Crippen molar-refractivity contribution in [2.24, 2.45) is 7.05 Å². The lowest BCUT2D eigenvalue weighted by Gasteiger charge is -2.38. The van der Waals surface area contributed by atoms with Crippen LogP contribution in [0.1, 0.15) is 56.2 Å². The van der Waals surface area contributed by atoms with E-state index in [0.29, 0.717) is 18.6 Å². The number of benzene rings is 2. The number of amides is 1. The fourth-order valence-corrected chi connectivity index (χ4v) is 4.15. The van der Waals surface area contributed by atoms with E-state index < -0.39 is 11.4 Å².